The van der Waals surface area contributed by atoms with Gasteiger partial charge >= 0.3 is 9.53 Å². The Balaban J connectivity index is 1.95. The molecule has 1 saturated carbocycles. The Bertz CT molecular complexity index is 561. The van der Waals surface area contributed by atoms with E-state index in [1.807, 2.05) is 0 Å². The highest BCUT2D eigenvalue weighted by Gasteiger charge is 2.32. The van der Waals surface area contributed by atoms with Crippen LogP contribution in [0.3, 0.4) is 0 Å². The lowest BCUT2D eigenvalue weighted by atomic mass is 9.77. The second-order valence-corrected chi connectivity index (χ2v) is 7.97. The van der Waals surface area contributed by atoms with Gasteiger partial charge in [0.1, 0.15) is 0 Å². The van der Waals surface area contributed by atoms with Crippen LogP contribution in [-0.4, -0.2) is 30.4 Å². The minimum absolute atomic E-state index is 0.279. The molecule has 0 atom stereocenters. The van der Waals surface area contributed by atoms with Gasteiger partial charge in [0.05, 0.1) is 0 Å². The van der Waals surface area contributed by atoms with Crippen LogP contribution in [0.4, 0.5) is 22.0 Å². The SMILES string of the molecule is CO[SiH](OC)OCCC1CCC(c2c(F)c(F)c(F)c(F)c2F)CC1. The van der Waals surface area contributed by atoms with Crippen LogP contribution in [0.25, 0.3) is 0 Å². The molecule has 9 heteroatoms. The van der Waals surface area contributed by atoms with Crippen molar-refractivity contribution >= 4 is 9.53 Å². The molecule has 1 aromatic rings. The molecule has 0 saturated heterocycles. The predicted molar refractivity (Wildman–Crippen MR) is 82.7 cm³/mol. The second kappa shape index (κ2) is 9.06. The summed E-state index contributed by atoms with van der Waals surface area (Å²) in [5.41, 5.74) is -0.683. The van der Waals surface area contributed by atoms with Gasteiger partial charge in [-0.25, -0.2) is 22.0 Å². The molecule has 3 nitrogen and oxygen atoms in total. The fraction of sp³-hybridized carbons (Fsp3) is 0.625. The highest BCUT2D eigenvalue weighted by molar-refractivity contribution is 6.36. The summed E-state index contributed by atoms with van der Waals surface area (Å²) in [6.07, 6.45) is 2.76. The van der Waals surface area contributed by atoms with E-state index in [1.165, 1.54) is 14.2 Å². The smallest absolute Gasteiger partial charge is 0.379 e. The second-order valence-electron chi connectivity index (χ2n) is 6.12. The molecule has 1 fully saturated rings. The first-order valence-electron chi connectivity index (χ1n) is 8.09. The van der Waals surface area contributed by atoms with Crippen LogP contribution in [0.15, 0.2) is 0 Å². The van der Waals surface area contributed by atoms with Crippen LogP contribution in [0.2, 0.25) is 0 Å². The van der Waals surface area contributed by atoms with Crippen LogP contribution in [0.1, 0.15) is 43.6 Å². The van der Waals surface area contributed by atoms with E-state index < -0.39 is 50.1 Å². The number of rotatable bonds is 7. The lowest BCUT2D eigenvalue weighted by molar-refractivity contribution is 0.122. The normalized spacial score (nSPS) is 21.1. The Labute approximate surface area is 145 Å². The maximum absolute atomic E-state index is 13.9. The first kappa shape index (κ1) is 20.3. The molecule has 0 spiro atoms. The van der Waals surface area contributed by atoms with Gasteiger partial charge in [0.2, 0.25) is 5.82 Å². The van der Waals surface area contributed by atoms with Crippen molar-refractivity contribution in [2.24, 2.45) is 5.92 Å². The standard InChI is InChI=1S/C16H21F5O3Si/c1-22-25(23-2)24-8-7-9-3-5-10(6-4-9)11-12(17)14(19)16(21)15(20)13(11)18/h9-10,25H,3-8H2,1-2H3. The molecule has 0 heterocycles. The Morgan fingerprint density at radius 2 is 1.28 bits per heavy atom. The van der Waals surface area contributed by atoms with Crippen LogP contribution < -0.4 is 0 Å². The van der Waals surface area contributed by atoms with Crippen LogP contribution in [0.5, 0.6) is 0 Å². The Hall–Kier alpha value is -1.03. The summed E-state index contributed by atoms with van der Waals surface area (Å²) in [5.74, 6) is -9.67. The van der Waals surface area contributed by atoms with Crippen molar-refractivity contribution in [1.29, 1.82) is 0 Å². The largest absolute Gasteiger partial charge is 0.483 e. The number of hydrogen-bond acceptors (Lipinski definition) is 3. The molecular weight excluding hydrogens is 363 g/mol. The van der Waals surface area contributed by atoms with Crippen molar-refractivity contribution in [3.8, 4) is 0 Å². The van der Waals surface area contributed by atoms with Crippen molar-refractivity contribution in [3.05, 3.63) is 34.6 Å². The van der Waals surface area contributed by atoms with E-state index in [2.05, 4.69) is 0 Å². The van der Waals surface area contributed by atoms with E-state index in [4.69, 9.17) is 13.3 Å². The van der Waals surface area contributed by atoms with E-state index >= 15 is 0 Å². The van der Waals surface area contributed by atoms with Crippen molar-refractivity contribution in [1.82, 2.24) is 0 Å². The Morgan fingerprint density at radius 3 is 1.76 bits per heavy atom. The zero-order valence-electron chi connectivity index (χ0n) is 14.1. The van der Waals surface area contributed by atoms with Crippen LogP contribution >= 0.6 is 0 Å². The monoisotopic (exact) mass is 384 g/mol. The molecule has 1 aliphatic rings. The molecule has 25 heavy (non-hydrogen) atoms. The number of hydrogen-bond donors (Lipinski definition) is 0. The highest BCUT2D eigenvalue weighted by atomic mass is 28.3. The van der Waals surface area contributed by atoms with Crippen molar-refractivity contribution in [3.63, 3.8) is 0 Å². The fourth-order valence-corrected chi connectivity index (χ4v) is 4.08. The molecule has 0 N–H and O–H groups in total. The molecule has 142 valence electrons. The molecular formula is C16H21F5O3Si. The summed E-state index contributed by atoms with van der Waals surface area (Å²) >= 11 is 0. The minimum Gasteiger partial charge on any atom is -0.379 e. The average Bonchev–Trinajstić information content (AvgIpc) is 2.63. The first-order valence-corrected chi connectivity index (χ1v) is 9.50. The maximum Gasteiger partial charge on any atom is 0.483 e. The van der Waals surface area contributed by atoms with Crippen LogP contribution in [-0.2, 0) is 13.3 Å². The molecule has 0 unspecified atom stereocenters. The van der Waals surface area contributed by atoms with Gasteiger partial charge in [-0.15, -0.1) is 0 Å². The van der Waals surface area contributed by atoms with Crippen molar-refractivity contribution in [2.75, 3.05) is 20.8 Å². The summed E-state index contributed by atoms with van der Waals surface area (Å²) in [5, 5.41) is 0. The van der Waals surface area contributed by atoms with E-state index in [-0.39, 0.29) is 5.92 Å². The summed E-state index contributed by atoms with van der Waals surface area (Å²) < 4.78 is 83.1. The molecule has 0 aromatic heterocycles. The molecule has 0 amide bonds. The summed E-state index contributed by atoms with van der Waals surface area (Å²) in [6, 6.07) is 0. The molecule has 0 bridgehead atoms. The zero-order chi connectivity index (χ0) is 18.6. The third kappa shape index (κ3) is 4.58. The maximum atomic E-state index is 13.9. The Kier molecular flexibility index (Phi) is 7.35. The third-order valence-corrected chi connectivity index (χ3v) is 5.94. The van der Waals surface area contributed by atoms with Gasteiger partial charge < -0.3 is 13.3 Å². The van der Waals surface area contributed by atoms with Crippen LogP contribution in [0, 0.1) is 35.0 Å². The third-order valence-electron chi connectivity index (χ3n) is 4.66. The molecule has 1 aliphatic carbocycles. The van der Waals surface area contributed by atoms with Crippen molar-refractivity contribution < 1.29 is 35.2 Å². The lowest BCUT2D eigenvalue weighted by Gasteiger charge is -2.29. The average molecular weight is 384 g/mol. The summed E-state index contributed by atoms with van der Waals surface area (Å²) in [7, 11) is 0.946. The Morgan fingerprint density at radius 1 is 0.800 bits per heavy atom. The molecule has 0 aliphatic heterocycles. The van der Waals surface area contributed by atoms with Crippen molar-refractivity contribution in [2.45, 2.75) is 38.0 Å². The van der Waals surface area contributed by atoms with Gasteiger partial charge in [-0.3, -0.25) is 0 Å². The van der Waals surface area contributed by atoms with E-state index in [9.17, 15) is 22.0 Å². The van der Waals surface area contributed by atoms with Gasteiger partial charge in [0.25, 0.3) is 0 Å². The number of benzene rings is 1. The summed E-state index contributed by atoms with van der Waals surface area (Å²) in [6.45, 7) is 0.455. The molecule has 2 rings (SSSR count). The van der Waals surface area contributed by atoms with Gasteiger partial charge in [-0.05, 0) is 43.9 Å². The first-order chi connectivity index (χ1) is 11.9. The quantitative estimate of drug-likeness (QED) is 0.307. The van der Waals surface area contributed by atoms with E-state index in [0.29, 0.717) is 32.3 Å². The predicted octanol–water partition coefficient (Wildman–Crippen LogP) is 4.07. The zero-order valence-corrected chi connectivity index (χ0v) is 15.2. The van der Waals surface area contributed by atoms with Gasteiger partial charge in [-0.1, -0.05) is 0 Å². The molecule has 0 radical (unpaired) electrons. The van der Waals surface area contributed by atoms with Gasteiger partial charge in [0.15, 0.2) is 23.3 Å². The minimum atomic E-state index is -2.11. The van der Waals surface area contributed by atoms with E-state index in [0.717, 1.165) is 6.42 Å². The summed E-state index contributed by atoms with van der Waals surface area (Å²) in [4.78, 5) is 0. The van der Waals surface area contributed by atoms with E-state index in [1.54, 1.807) is 0 Å². The highest BCUT2D eigenvalue weighted by Crippen LogP contribution is 2.40. The topological polar surface area (TPSA) is 27.7 Å². The van der Waals surface area contributed by atoms with Gasteiger partial charge in [0, 0.05) is 26.4 Å². The fourth-order valence-electron chi connectivity index (χ4n) is 3.28. The lowest BCUT2D eigenvalue weighted by Crippen LogP contribution is -2.25. The number of halogens is 5. The molecule has 1 aromatic carbocycles. The van der Waals surface area contributed by atoms with Gasteiger partial charge in [-0.2, -0.15) is 0 Å².